The Hall–Kier alpha value is -1.77. The van der Waals surface area contributed by atoms with Gasteiger partial charge in [0.15, 0.2) is 17.4 Å². The maximum absolute atomic E-state index is 14.0. The molecule has 1 aromatic carbocycles. The van der Waals surface area contributed by atoms with E-state index in [-0.39, 0.29) is 35.7 Å². The van der Waals surface area contributed by atoms with Gasteiger partial charge in [0.2, 0.25) is 0 Å². The smallest absolute Gasteiger partial charge is 0.264 e. The molecule has 0 aliphatic carbocycles. The van der Waals surface area contributed by atoms with E-state index in [1.807, 2.05) is 7.05 Å². The molecule has 1 saturated heterocycles. The summed E-state index contributed by atoms with van der Waals surface area (Å²) in [5, 5.41) is 7.13. The van der Waals surface area contributed by atoms with Crippen LogP contribution in [0.3, 0.4) is 0 Å². The zero-order valence-electron chi connectivity index (χ0n) is 12.7. The largest absolute Gasteiger partial charge is 0.493 e. The van der Waals surface area contributed by atoms with Gasteiger partial charge in [-0.05, 0) is 19.2 Å². The van der Waals surface area contributed by atoms with E-state index in [1.54, 1.807) is 0 Å². The Morgan fingerprint density at radius 3 is 2.78 bits per heavy atom. The van der Waals surface area contributed by atoms with Gasteiger partial charge in [-0.2, -0.15) is 4.98 Å². The minimum Gasteiger partial charge on any atom is -0.493 e. The molecule has 3 rings (SSSR count). The molecule has 126 valence electrons. The van der Waals surface area contributed by atoms with Gasteiger partial charge in [-0.15, -0.1) is 12.4 Å². The van der Waals surface area contributed by atoms with Gasteiger partial charge in [-0.3, -0.25) is 4.90 Å². The number of benzene rings is 1. The van der Waals surface area contributed by atoms with Crippen LogP contribution < -0.4 is 10.1 Å². The Morgan fingerprint density at radius 1 is 1.35 bits per heavy atom. The molecule has 1 aromatic heterocycles. The summed E-state index contributed by atoms with van der Waals surface area (Å²) < 4.78 is 37.8. The van der Waals surface area contributed by atoms with Gasteiger partial charge in [-0.1, -0.05) is 5.16 Å². The fourth-order valence-corrected chi connectivity index (χ4v) is 2.50. The van der Waals surface area contributed by atoms with E-state index in [2.05, 4.69) is 20.4 Å². The minimum atomic E-state index is -0.685. The molecule has 0 bridgehead atoms. The first-order valence-electron chi connectivity index (χ1n) is 6.88. The van der Waals surface area contributed by atoms with Crippen molar-refractivity contribution in [2.45, 2.75) is 6.04 Å². The summed E-state index contributed by atoms with van der Waals surface area (Å²) in [7, 11) is 3.21. The lowest BCUT2D eigenvalue weighted by atomic mass is 10.1. The monoisotopic (exact) mass is 346 g/mol. The molecule has 2 heterocycles. The second-order valence-corrected chi connectivity index (χ2v) is 5.10. The average Bonchev–Trinajstić information content (AvgIpc) is 2.99. The van der Waals surface area contributed by atoms with Gasteiger partial charge >= 0.3 is 0 Å². The number of nitrogens with zero attached hydrogens (tertiary/aromatic N) is 3. The third kappa shape index (κ3) is 3.29. The van der Waals surface area contributed by atoms with Crippen molar-refractivity contribution >= 4 is 12.4 Å². The lowest BCUT2D eigenvalue weighted by Gasteiger charge is -2.30. The molecule has 1 atom stereocenters. The van der Waals surface area contributed by atoms with Crippen molar-refractivity contribution in [2.24, 2.45) is 0 Å². The first-order chi connectivity index (χ1) is 10.6. The molecule has 0 spiro atoms. The summed E-state index contributed by atoms with van der Waals surface area (Å²) in [6.07, 6.45) is 0. The highest BCUT2D eigenvalue weighted by molar-refractivity contribution is 5.85. The SMILES string of the molecule is COc1c(F)ccc(F)c1-c1nc(C2CNCCN2C)no1.Cl. The van der Waals surface area contributed by atoms with Gasteiger partial charge in [0, 0.05) is 19.6 Å². The van der Waals surface area contributed by atoms with Crippen molar-refractivity contribution in [3.05, 3.63) is 29.6 Å². The lowest BCUT2D eigenvalue weighted by Crippen LogP contribution is -2.44. The first-order valence-corrected chi connectivity index (χ1v) is 6.88. The molecule has 23 heavy (non-hydrogen) atoms. The van der Waals surface area contributed by atoms with E-state index in [1.165, 1.54) is 7.11 Å². The van der Waals surface area contributed by atoms with E-state index >= 15 is 0 Å². The maximum atomic E-state index is 14.0. The van der Waals surface area contributed by atoms with Crippen LogP contribution in [0.15, 0.2) is 16.7 Å². The predicted octanol–water partition coefficient (Wildman–Crippen LogP) is 2.02. The third-order valence-corrected chi connectivity index (χ3v) is 3.73. The average molecular weight is 347 g/mol. The summed E-state index contributed by atoms with van der Waals surface area (Å²) >= 11 is 0. The molecule has 1 aliphatic rings. The van der Waals surface area contributed by atoms with Crippen LogP contribution in [0.25, 0.3) is 11.5 Å². The van der Waals surface area contributed by atoms with Gasteiger partial charge in [0.25, 0.3) is 5.89 Å². The van der Waals surface area contributed by atoms with Gasteiger partial charge < -0.3 is 14.6 Å². The second kappa shape index (κ2) is 7.20. The Morgan fingerprint density at radius 2 is 2.09 bits per heavy atom. The molecule has 1 aliphatic heterocycles. The molecule has 6 nitrogen and oxygen atoms in total. The molecule has 1 N–H and O–H groups in total. The van der Waals surface area contributed by atoms with Crippen LogP contribution in [0.4, 0.5) is 8.78 Å². The number of halogens is 3. The zero-order valence-corrected chi connectivity index (χ0v) is 13.5. The van der Waals surface area contributed by atoms with E-state index < -0.39 is 11.6 Å². The van der Waals surface area contributed by atoms with Crippen LogP contribution >= 0.6 is 12.4 Å². The van der Waals surface area contributed by atoms with Crippen molar-refractivity contribution in [3.63, 3.8) is 0 Å². The second-order valence-electron chi connectivity index (χ2n) is 5.10. The molecular weight excluding hydrogens is 330 g/mol. The van der Waals surface area contributed by atoms with Crippen molar-refractivity contribution < 1.29 is 18.0 Å². The molecule has 0 saturated carbocycles. The fourth-order valence-electron chi connectivity index (χ4n) is 2.50. The van der Waals surface area contributed by atoms with Gasteiger partial charge in [0.05, 0.1) is 13.2 Å². The zero-order chi connectivity index (χ0) is 15.7. The number of hydrogen-bond acceptors (Lipinski definition) is 6. The molecule has 0 amide bonds. The normalized spacial score (nSPS) is 18.5. The summed E-state index contributed by atoms with van der Waals surface area (Å²) in [4.78, 5) is 6.29. The predicted molar refractivity (Wildman–Crippen MR) is 81.7 cm³/mol. The lowest BCUT2D eigenvalue weighted by molar-refractivity contribution is 0.190. The summed E-state index contributed by atoms with van der Waals surface area (Å²) in [6, 6.07) is 1.92. The number of rotatable bonds is 3. The van der Waals surface area contributed by atoms with Gasteiger partial charge in [0.1, 0.15) is 11.4 Å². The van der Waals surface area contributed by atoms with Crippen molar-refractivity contribution in [1.82, 2.24) is 20.4 Å². The number of likely N-dealkylation sites (N-methyl/N-ethyl adjacent to an activating group) is 1. The van der Waals surface area contributed by atoms with Crippen LogP contribution in [0.2, 0.25) is 0 Å². The quantitative estimate of drug-likeness (QED) is 0.917. The molecule has 2 aromatic rings. The number of aromatic nitrogens is 2. The molecule has 0 radical (unpaired) electrons. The highest BCUT2D eigenvalue weighted by Gasteiger charge is 2.28. The molecule has 1 fully saturated rings. The standard InChI is InChI=1S/C14H16F2N4O2.ClH/c1-20-6-5-17-7-10(20)13-18-14(22-19-13)11-8(15)3-4-9(16)12(11)21-2;/h3-4,10,17H,5-7H2,1-2H3;1H. The summed E-state index contributed by atoms with van der Waals surface area (Å²) in [5.41, 5.74) is -0.160. The Labute approximate surface area is 138 Å². The first kappa shape index (κ1) is 17.6. The number of nitrogens with one attached hydrogen (secondary N) is 1. The molecule has 1 unspecified atom stereocenters. The number of ether oxygens (including phenoxy) is 1. The van der Waals surface area contributed by atoms with E-state index in [0.717, 1.165) is 25.2 Å². The minimum absolute atomic E-state index is 0. The van der Waals surface area contributed by atoms with E-state index in [9.17, 15) is 8.78 Å². The molecular formula is C14H17ClF2N4O2. The fraction of sp³-hybridized carbons (Fsp3) is 0.429. The van der Waals surface area contributed by atoms with Crippen molar-refractivity contribution in [2.75, 3.05) is 33.8 Å². The summed E-state index contributed by atoms with van der Waals surface area (Å²) in [6.45, 7) is 2.38. The number of piperazine rings is 1. The van der Waals surface area contributed by atoms with Crippen molar-refractivity contribution in [3.8, 4) is 17.2 Å². The van der Waals surface area contributed by atoms with Crippen LogP contribution in [-0.4, -0.2) is 48.8 Å². The Balaban J connectivity index is 0.00000192. The Kier molecular flexibility index (Phi) is 5.51. The third-order valence-electron chi connectivity index (χ3n) is 3.73. The van der Waals surface area contributed by atoms with Crippen LogP contribution in [0.5, 0.6) is 5.75 Å². The number of methoxy groups -OCH3 is 1. The van der Waals surface area contributed by atoms with E-state index in [0.29, 0.717) is 12.4 Å². The number of hydrogen-bond donors (Lipinski definition) is 1. The highest BCUT2D eigenvalue weighted by atomic mass is 35.5. The van der Waals surface area contributed by atoms with E-state index in [4.69, 9.17) is 9.26 Å². The topological polar surface area (TPSA) is 63.4 Å². The summed E-state index contributed by atoms with van der Waals surface area (Å²) in [5.74, 6) is -1.28. The molecule has 9 heteroatoms. The van der Waals surface area contributed by atoms with Crippen LogP contribution in [-0.2, 0) is 0 Å². The van der Waals surface area contributed by atoms with Gasteiger partial charge in [-0.25, -0.2) is 8.78 Å². The Bertz CT molecular complexity index is 683. The highest BCUT2D eigenvalue weighted by Crippen LogP contribution is 2.34. The van der Waals surface area contributed by atoms with Crippen LogP contribution in [0, 0.1) is 11.6 Å². The van der Waals surface area contributed by atoms with Crippen LogP contribution in [0.1, 0.15) is 11.9 Å². The maximum Gasteiger partial charge on any atom is 0.264 e. The van der Waals surface area contributed by atoms with Crippen molar-refractivity contribution in [1.29, 1.82) is 0 Å².